The van der Waals surface area contributed by atoms with E-state index in [-0.39, 0.29) is 23.2 Å². The van der Waals surface area contributed by atoms with Crippen molar-refractivity contribution in [3.8, 4) is 0 Å². The maximum atomic E-state index is 12.0. The largest absolute Gasteiger partial charge is 0.454 e. The Kier molecular flexibility index (Phi) is 7.64. The molecule has 2 aromatic carbocycles. The van der Waals surface area contributed by atoms with Crippen molar-refractivity contribution in [3.05, 3.63) is 69.7 Å². The van der Waals surface area contributed by atoms with Crippen LogP contribution >= 0.6 is 23.2 Å². The zero-order valence-corrected chi connectivity index (χ0v) is 16.0. The smallest absolute Gasteiger partial charge is 0.325 e. The van der Waals surface area contributed by atoms with Gasteiger partial charge in [-0.3, -0.25) is 14.4 Å². The molecule has 1 unspecified atom stereocenters. The van der Waals surface area contributed by atoms with Gasteiger partial charge in [-0.05, 0) is 30.7 Å². The maximum absolute atomic E-state index is 12.0. The summed E-state index contributed by atoms with van der Waals surface area (Å²) in [6.45, 7) is 0.998. The third-order valence-electron chi connectivity index (χ3n) is 3.61. The molecular weight excluding hydrogens is 391 g/mol. The molecule has 0 spiro atoms. The van der Waals surface area contributed by atoms with Crippen LogP contribution in [0, 0.1) is 0 Å². The van der Waals surface area contributed by atoms with Crippen LogP contribution in [-0.4, -0.2) is 30.9 Å². The SMILES string of the molecule is CC(NC(=O)COC(=O)CNC(=O)c1ccc(Cl)cc1Cl)c1ccccc1. The first-order chi connectivity index (χ1) is 12.9. The van der Waals surface area contributed by atoms with Crippen LogP contribution < -0.4 is 10.6 Å². The van der Waals surface area contributed by atoms with Crippen molar-refractivity contribution in [3.63, 3.8) is 0 Å². The summed E-state index contributed by atoms with van der Waals surface area (Å²) in [7, 11) is 0. The molecule has 0 saturated heterocycles. The third-order valence-corrected chi connectivity index (χ3v) is 4.16. The molecule has 0 aliphatic carbocycles. The number of hydrogen-bond donors (Lipinski definition) is 2. The molecule has 0 saturated carbocycles. The molecule has 0 aliphatic heterocycles. The lowest BCUT2D eigenvalue weighted by Gasteiger charge is -2.14. The molecule has 0 aliphatic rings. The molecule has 0 aromatic heterocycles. The van der Waals surface area contributed by atoms with Crippen LogP contribution in [0.5, 0.6) is 0 Å². The standard InChI is InChI=1S/C19H18Cl2N2O4/c1-12(13-5-3-2-4-6-13)23-17(24)11-27-18(25)10-22-19(26)15-8-7-14(20)9-16(15)21/h2-9,12H,10-11H2,1H3,(H,22,26)(H,23,24). The number of carbonyl (C=O) groups excluding carboxylic acids is 3. The molecule has 8 heteroatoms. The second-order valence-corrected chi connectivity index (χ2v) is 6.51. The lowest BCUT2D eigenvalue weighted by Crippen LogP contribution is -2.34. The van der Waals surface area contributed by atoms with Gasteiger partial charge in [0.05, 0.1) is 16.6 Å². The summed E-state index contributed by atoms with van der Waals surface area (Å²) in [6.07, 6.45) is 0. The second-order valence-electron chi connectivity index (χ2n) is 5.67. The van der Waals surface area contributed by atoms with Crippen molar-refractivity contribution in [1.29, 1.82) is 0 Å². The van der Waals surface area contributed by atoms with Crippen molar-refractivity contribution in [2.45, 2.75) is 13.0 Å². The number of nitrogens with one attached hydrogen (secondary N) is 2. The van der Waals surface area contributed by atoms with E-state index in [9.17, 15) is 14.4 Å². The lowest BCUT2D eigenvalue weighted by atomic mass is 10.1. The summed E-state index contributed by atoms with van der Waals surface area (Å²) in [5.41, 5.74) is 1.12. The van der Waals surface area contributed by atoms with Gasteiger partial charge in [-0.25, -0.2) is 0 Å². The Morgan fingerprint density at radius 3 is 2.44 bits per heavy atom. The molecular formula is C19H18Cl2N2O4. The second kappa shape index (κ2) is 9.94. The highest BCUT2D eigenvalue weighted by atomic mass is 35.5. The zero-order valence-electron chi connectivity index (χ0n) is 14.5. The van der Waals surface area contributed by atoms with Crippen LogP contribution in [0.4, 0.5) is 0 Å². The number of hydrogen-bond acceptors (Lipinski definition) is 4. The minimum atomic E-state index is -0.740. The van der Waals surface area contributed by atoms with Crippen LogP contribution in [-0.2, 0) is 14.3 Å². The average Bonchev–Trinajstić information content (AvgIpc) is 2.65. The minimum absolute atomic E-state index is 0.169. The van der Waals surface area contributed by atoms with E-state index < -0.39 is 24.4 Å². The van der Waals surface area contributed by atoms with Gasteiger partial charge in [-0.2, -0.15) is 0 Å². The van der Waals surface area contributed by atoms with Crippen LogP contribution in [0.2, 0.25) is 10.0 Å². The fourth-order valence-corrected chi connectivity index (χ4v) is 2.72. The van der Waals surface area contributed by atoms with Gasteiger partial charge in [0.15, 0.2) is 6.61 Å². The lowest BCUT2D eigenvalue weighted by molar-refractivity contribution is -0.147. The van der Waals surface area contributed by atoms with Crippen molar-refractivity contribution < 1.29 is 19.1 Å². The predicted molar refractivity (Wildman–Crippen MR) is 103 cm³/mol. The van der Waals surface area contributed by atoms with Crippen LogP contribution in [0.3, 0.4) is 0 Å². The van der Waals surface area contributed by atoms with E-state index in [4.69, 9.17) is 27.9 Å². The number of rotatable bonds is 7. The van der Waals surface area contributed by atoms with E-state index in [1.54, 1.807) is 0 Å². The van der Waals surface area contributed by atoms with E-state index in [2.05, 4.69) is 10.6 Å². The first-order valence-corrected chi connectivity index (χ1v) is 8.85. The molecule has 2 N–H and O–H groups in total. The highest BCUT2D eigenvalue weighted by molar-refractivity contribution is 6.36. The zero-order chi connectivity index (χ0) is 19.8. The monoisotopic (exact) mass is 408 g/mol. The van der Waals surface area contributed by atoms with Crippen molar-refractivity contribution in [2.24, 2.45) is 0 Å². The topological polar surface area (TPSA) is 84.5 Å². The summed E-state index contributed by atoms with van der Waals surface area (Å²) in [5, 5.41) is 5.66. The Hall–Kier alpha value is -2.57. The molecule has 2 rings (SSSR count). The molecule has 0 bridgehead atoms. The molecule has 1 atom stereocenters. The van der Waals surface area contributed by atoms with Crippen molar-refractivity contribution in [2.75, 3.05) is 13.2 Å². The number of ether oxygens (including phenoxy) is 1. The first kappa shape index (κ1) is 20.7. The maximum Gasteiger partial charge on any atom is 0.325 e. The average molecular weight is 409 g/mol. The molecule has 6 nitrogen and oxygen atoms in total. The van der Waals surface area contributed by atoms with Crippen molar-refractivity contribution >= 4 is 41.0 Å². The number of carbonyl (C=O) groups is 3. The van der Waals surface area contributed by atoms with E-state index in [1.807, 2.05) is 37.3 Å². The predicted octanol–water partition coefficient (Wildman–Crippen LogP) is 3.14. The van der Waals surface area contributed by atoms with E-state index >= 15 is 0 Å². The molecule has 142 valence electrons. The molecule has 0 fully saturated rings. The van der Waals surface area contributed by atoms with Gasteiger partial charge in [0.1, 0.15) is 6.54 Å². The highest BCUT2D eigenvalue weighted by Crippen LogP contribution is 2.20. The molecule has 0 heterocycles. The summed E-state index contributed by atoms with van der Waals surface area (Å²) in [4.78, 5) is 35.6. The van der Waals surface area contributed by atoms with Gasteiger partial charge in [-0.15, -0.1) is 0 Å². The van der Waals surface area contributed by atoms with Gasteiger partial charge < -0.3 is 15.4 Å². The highest BCUT2D eigenvalue weighted by Gasteiger charge is 2.14. The number of benzene rings is 2. The Bertz CT molecular complexity index is 828. The quantitative estimate of drug-likeness (QED) is 0.689. The molecule has 2 amide bonds. The summed E-state index contributed by atoms with van der Waals surface area (Å²) in [5.74, 6) is -1.72. The molecule has 2 aromatic rings. The van der Waals surface area contributed by atoms with Crippen molar-refractivity contribution in [1.82, 2.24) is 10.6 Å². The van der Waals surface area contributed by atoms with Crippen LogP contribution in [0.15, 0.2) is 48.5 Å². The Morgan fingerprint density at radius 1 is 1.07 bits per heavy atom. The fraction of sp³-hybridized carbons (Fsp3) is 0.211. The van der Waals surface area contributed by atoms with Gasteiger partial charge in [0.2, 0.25) is 0 Å². The Morgan fingerprint density at radius 2 is 1.78 bits per heavy atom. The normalized spacial score (nSPS) is 11.4. The van der Waals surface area contributed by atoms with Gasteiger partial charge in [-0.1, -0.05) is 53.5 Å². The summed E-state index contributed by atoms with van der Waals surface area (Å²) < 4.78 is 4.86. The Balaban J connectivity index is 1.74. The fourth-order valence-electron chi connectivity index (χ4n) is 2.23. The van der Waals surface area contributed by atoms with Gasteiger partial charge in [0, 0.05) is 5.02 Å². The Labute approximate surface area is 166 Å². The summed E-state index contributed by atoms with van der Waals surface area (Å²) >= 11 is 11.7. The van der Waals surface area contributed by atoms with E-state index in [0.29, 0.717) is 5.02 Å². The molecule has 27 heavy (non-hydrogen) atoms. The van der Waals surface area contributed by atoms with E-state index in [1.165, 1.54) is 18.2 Å². The number of halogens is 2. The third kappa shape index (κ3) is 6.58. The summed E-state index contributed by atoms with van der Waals surface area (Å²) in [6, 6.07) is 13.6. The van der Waals surface area contributed by atoms with E-state index in [0.717, 1.165) is 5.56 Å². The van der Waals surface area contributed by atoms with Crippen LogP contribution in [0.1, 0.15) is 28.9 Å². The number of amides is 2. The van der Waals surface area contributed by atoms with Crippen LogP contribution in [0.25, 0.3) is 0 Å². The molecule has 0 radical (unpaired) electrons. The minimum Gasteiger partial charge on any atom is -0.454 e. The van der Waals surface area contributed by atoms with Gasteiger partial charge in [0.25, 0.3) is 11.8 Å². The number of esters is 1. The first-order valence-electron chi connectivity index (χ1n) is 8.10. The van der Waals surface area contributed by atoms with Gasteiger partial charge >= 0.3 is 5.97 Å².